The van der Waals surface area contributed by atoms with Crippen molar-refractivity contribution in [3.05, 3.63) is 48.6 Å². The van der Waals surface area contributed by atoms with Crippen LogP contribution < -0.4 is 0 Å². The van der Waals surface area contributed by atoms with Crippen molar-refractivity contribution in [2.75, 3.05) is 13.2 Å². The molecule has 0 aromatic heterocycles. The minimum Gasteiger partial charge on any atom is -0.457 e. The third kappa shape index (κ3) is 17.2. The highest BCUT2D eigenvalue weighted by Gasteiger charge is 2.11. The molecule has 0 bridgehead atoms. The number of ether oxygens (including phenoxy) is 1. The Morgan fingerprint density at radius 3 is 1.73 bits per heavy atom. The van der Waals surface area contributed by atoms with Crippen molar-refractivity contribution in [2.24, 2.45) is 0 Å². The summed E-state index contributed by atoms with van der Waals surface area (Å²) in [6.07, 6.45) is 24.9. The van der Waals surface area contributed by atoms with Crippen molar-refractivity contribution in [2.45, 2.75) is 70.8 Å². The van der Waals surface area contributed by atoms with Gasteiger partial charge in [-0.1, -0.05) is 68.4 Å². The van der Waals surface area contributed by atoms with Crippen LogP contribution in [0.2, 0.25) is 0 Å². The number of carbonyl (C=O) groups is 1. The fourth-order valence-electron chi connectivity index (χ4n) is 2.11. The highest BCUT2D eigenvalue weighted by molar-refractivity contribution is 5.69. The molecule has 4 nitrogen and oxygen atoms in total. The summed E-state index contributed by atoms with van der Waals surface area (Å²) in [7, 11) is 0. The fourth-order valence-corrected chi connectivity index (χ4v) is 2.11. The monoisotopic (exact) mass is 364 g/mol. The lowest BCUT2D eigenvalue weighted by Crippen LogP contribution is -2.25. The molecule has 4 heteroatoms. The van der Waals surface area contributed by atoms with Crippen molar-refractivity contribution in [1.82, 2.24) is 0 Å². The van der Waals surface area contributed by atoms with Crippen LogP contribution in [-0.2, 0) is 9.53 Å². The molecule has 0 unspecified atom stereocenters. The van der Waals surface area contributed by atoms with Gasteiger partial charge in [-0.2, -0.15) is 0 Å². The number of carbonyl (C=O) groups excluding carboxylic acids is 1. The number of aliphatic hydroxyl groups is 2. The van der Waals surface area contributed by atoms with Crippen LogP contribution in [0.4, 0.5) is 0 Å². The van der Waals surface area contributed by atoms with Crippen molar-refractivity contribution >= 4 is 5.97 Å². The average molecular weight is 365 g/mol. The molecule has 0 aliphatic carbocycles. The molecule has 0 heterocycles. The number of rotatable bonds is 16. The molecule has 0 amide bonds. The van der Waals surface area contributed by atoms with Crippen molar-refractivity contribution in [3.8, 4) is 0 Å². The molecule has 0 aliphatic rings. The zero-order chi connectivity index (χ0) is 19.3. The normalized spacial score (nSPS) is 12.5. The Morgan fingerprint density at radius 2 is 1.27 bits per heavy atom. The molecule has 0 aromatic carbocycles. The Kier molecular flexibility index (Phi) is 18.4. The van der Waals surface area contributed by atoms with Gasteiger partial charge in [0.05, 0.1) is 13.2 Å². The van der Waals surface area contributed by atoms with E-state index < -0.39 is 6.10 Å². The molecule has 0 atom stereocenters. The van der Waals surface area contributed by atoms with Gasteiger partial charge < -0.3 is 14.9 Å². The van der Waals surface area contributed by atoms with Gasteiger partial charge in [0.25, 0.3) is 0 Å². The van der Waals surface area contributed by atoms with Gasteiger partial charge >= 0.3 is 5.97 Å². The Bertz CT molecular complexity index is 431. The van der Waals surface area contributed by atoms with Crippen LogP contribution in [0.25, 0.3) is 0 Å². The third-order valence-electron chi connectivity index (χ3n) is 3.66. The van der Waals surface area contributed by atoms with E-state index in [1.54, 1.807) is 0 Å². The summed E-state index contributed by atoms with van der Waals surface area (Å²) in [6.45, 7) is 1.51. The van der Waals surface area contributed by atoms with Crippen LogP contribution in [0.5, 0.6) is 0 Å². The largest absolute Gasteiger partial charge is 0.457 e. The summed E-state index contributed by atoms with van der Waals surface area (Å²) in [5, 5.41) is 17.7. The lowest BCUT2D eigenvalue weighted by atomic mass is 10.2. The summed E-state index contributed by atoms with van der Waals surface area (Å²) in [5.74, 6) is -0.376. The summed E-state index contributed by atoms with van der Waals surface area (Å²) < 4.78 is 4.89. The van der Waals surface area contributed by atoms with E-state index in [2.05, 4.69) is 55.5 Å². The second-order valence-electron chi connectivity index (χ2n) is 6.10. The number of hydrogen-bond donors (Lipinski definition) is 2. The first kappa shape index (κ1) is 24.4. The molecule has 0 aromatic rings. The standard InChI is InChI=1S/C22H36O4/c1-2-3-4-5-6-7-8-9-10-11-12-13-14-15-16-17-18-22(25)26-21(19-23)20-24/h5-6,8-9,11-12,14-15,21,23-24H,2-4,7,10,13,16-20H2,1H3/b6-5-,9-8-,12-11-,15-14-. The highest BCUT2D eigenvalue weighted by Crippen LogP contribution is 2.02. The van der Waals surface area contributed by atoms with Gasteiger partial charge in [0, 0.05) is 6.42 Å². The topological polar surface area (TPSA) is 66.8 Å². The minimum atomic E-state index is -0.797. The molecule has 0 fully saturated rings. The van der Waals surface area contributed by atoms with E-state index in [-0.39, 0.29) is 19.2 Å². The van der Waals surface area contributed by atoms with Crippen molar-refractivity contribution in [1.29, 1.82) is 0 Å². The Morgan fingerprint density at radius 1 is 0.808 bits per heavy atom. The second kappa shape index (κ2) is 19.7. The van der Waals surface area contributed by atoms with Gasteiger partial charge in [-0.25, -0.2) is 0 Å². The summed E-state index contributed by atoms with van der Waals surface area (Å²) in [6, 6.07) is 0. The first-order chi connectivity index (χ1) is 12.7. The first-order valence-corrected chi connectivity index (χ1v) is 9.75. The maximum absolute atomic E-state index is 11.4. The number of allylic oxidation sites excluding steroid dienone is 8. The molecular formula is C22H36O4. The molecule has 0 rings (SSSR count). The second-order valence-corrected chi connectivity index (χ2v) is 6.10. The summed E-state index contributed by atoms with van der Waals surface area (Å²) >= 11 is 0. The third-order valence-corrected chi connectivity index (χ3v) is 3.66. The average Bonchev–Trinajstić information content (AvgIpc) is 2.65. The van der Waals surface area contributed by atoms with Crippen LogP contribution in [0.1, 0.15) is 64.7 Å². The first-order valence-electron chi connectivity index (χ1n) is 9.75. The highest BCUT2D eigenvalue weighted by atomic mass is 16.6. The Labute approximate surface area is 159 Å². The fraction of sp³-hybridized carbons (Fsp3) is 0.591. The Hall–Kier alpha value is -1.65. The van der Waals surface area contributed by atoms with E-state index in [1.807, 2.05) is 0 Å². The van der Waals surface area contributed by atoms with Crippen LogP contribution in [0.15, 0.2) is 48.6 Å². The van der Waals surface area contributed by atoms with Crippen LogP contribution in [-0.4, -0.2) is 35.5 Å². The molecule has 0 spiro atoms. The van der Waals surface area contributed by atoms with Crippen LogP contribution in [0.3, 0.4) is 0 Å². The minimum absolute atomic E-state index is 0.300. The van der Waals surface area contributed by atoms with E-state index in [1.165, 1.54) is 19.3 Å². The van der Waals surface area contributed by atoms with E-state index in [0.717, 1.165) is 25.7 Å². The van der Waals surface area contributed by atoms with Gasteiger partial charge in [-0.05, 0) is 38.5 Å². The van der Waals surface area contributed by atoms with E-state index >= 15 is 0 Å². The lowest BCUT2D eigenvalue weighted by molar-refractivity contribution is -0.153. The molecule has 2 N–H and O–H groups in total. The Balaban J connectivity index is 3.56. The molecule has 148 valence electrons. The maximum atomic E-state index is 11.4. The van der Waals surface area contributed by atoms with E-state index in [4.69, 9.17) is 14.9 Å². The zero-order valence-corrected chi connectivity index (χ0v) is 16.2. The predicted octanol–water partition coefficient (Wildman–Crippen LogP) is 4.64. The number of esters is 1. The SMILES string of the molecule is CCCC/C=C\C/C=C\C/C=C\C/C=C\CCCC(=O)OC(CO)CO. The van der Waals surface area contributed by atoms with E-state index in [0.29, 0.717) is 12.8 Å². The zero-order valence-electron chi connectivity index (χ0n) is 16.2. The summed E-state index contributed by atoms with van der Waals surface area (Å²) in [4.78, 5) is 11.4. The molecule has 0 radical (unpaired) electrons. The van der Waals surface area contributed by atoms with Crippen LogP contribution in [0, 0.1) is 0 Å². The smallest absolute Gasteiger partial charge is 0.306 e. The van der Waals surface area contributed by atoms with Gasteiger partial charge in [0.15, 0.2) is 0 Å². The van der Waals surface area contributed by atoms with E-state index in [9.17, 15) is 4.79 Å². The van der Waals surface area contributed by atoms with Gasteiger partial charge in [0.1, 0.15) is 6.10 Å². The van der Waals surface area contributed by atoms with Gasteiger partial charge in [-0.3, -0.25) is 4.79 Å². The van der Waals surface area contributed by atoms with Gasteiger partial charge in [-0.15, -0.1) is 0 Å². The maximum Gasteiger partial charge on any atom is 0.306 e. The molecule has 26 heavy (non-hydrogen) atoms. The quantitative estimate of drug-likeness (QED) is 0.238. The number of unbranched alkanes of at least 4 members (excludes halogenated alkanes) is 3. The molecular weight excluding hydrogens is 328 g/mol. The molecule has 0 aliphatic heterocycles. The molecule has 0 saturated carbocycles. The van der Waals surface area contributed by atoms with Crippen molar-refractivity contribution in [3.63, 3.8) is 0 Å². The lowest BCUT2D eigenvalue weighted by Gasteiger charge is -2.11. The predicted molar refractivity (Wildman–Crippen MR) is 108 cm³/mol. The molecule has 0 saturated heterocycles. The van der Waals surface area contributed by atoms with Crippen molar-refractivity contribution < 1.29 is 19.7 Å². The number of aliphatic hydroxyl groups excluding tert-OH is 2. The van der Waals surface area contributed by atoms with Crippen LogP contribution >= 0.6 is 0 Å². The summed E-state index contributed by atoms with van der Waals surface area (Å²) in [5.41, 5.74) is 0. The van der Waals surface area contributed by atoms with Gasteiger partial charge in [0.2, 0.25) is 0 Å². The number of hydrogen-bond acceptors (Lipinski definition) is 4.